The lowest BCUT2D eigenvalue weighted by molar-refractivity contribution is 0.309. The molecule has 1 saturated carbocycles. The summed E-state index contributed by atoms with van der Waals surface area (Å²) in [6.07, 6.45) is 7.07. The molecular weight excluding hydrogens is 420 g/mol. The van der Waals surface area contributed by atoms with E-state index in [1.54, 1.807) is 14.1 Å². The summed E-state index contributed by atoms with van der Waals surface area (Å²) in [5.41, 5.74) is 2.29. The van der Waals surface area contributed by atoms with E-state index in [0.717, 1.165) is 36.9 Å². The second-order valence-electron chi connectivity index (χ2n) is 8.54. The van der Waals surface area contributed by atoms with Crippen LogP contribution < -0.4 is 4.31 Å². The zero-order valence-electron chi connectivity index (χ0n) is 17.6. The number of nitrogens with one attached hydrogen (secondary N) is 1. The molecule has 0 bridgehead atoms. The van der Waals surface area contributed by atoms with Crippen LogP contribution in [0.1, 0.15) is 43.4 Å². The molecule has 2 aromatic rings. The Labute approximate surface area is 179 Å². The van der Waals surface area contributed by atoms with E-state index in [9.17, 15) is 12.6 Å². The van der Waals surface area contributed by atoms with Crippen molar-refractivity contribution in [3.8, 4) is 0 Å². The minimum absolute atomic E-state index is 0.139. The van der Waals surface area contributed by atoms with Crippen molar-refractivity contribution in [2.24, 2.45) is 0 Å². The first kappa shape index (κ1) is 21.3. The van der Waals surface area contributed by atoms with E-state index in [1.165, 1.54) is 39.3 Å². The topological polar surface area (TPSA) is 94.4 Å². The van der Waals surface area contributed by atoms with Crippen LogP contribution >= 0.6 is 0 Å². The number of hydrogen-bond acceptors (Lipinski definition) is 5. The van der Waals surface area contributed by atoms with E-state index in [1.807, 2.05) is 19.2 Å². The zero-order chi connectivity index (χ0) is 21.7. The summed E-state index contributed by atoms with van der Waals surface area (Å²) in [5.74, 6) is 0. The molecule has 162 valence electrons. The molecule has 2 aliphatic rings. The molecule has 1 N–H and O–H groups in total. The number of sulfonamides is 1. The largest absolute Gasteiger partial charge is 0.264 e. The van der Waals surface area contributed by atoms with Crippen LogP contribution in [0.3, 0.4) is 0 Å². The van der Waals surface area contributed by atoms with Gasteiger partial charge in [0.1, 0.15) is 9.92 Å². The van der Waals surface area contributed by atoms with E-state index in [0.29, 0.717) is 12.2 Å². The molecule has 7 nitrogen and oxygen atoms in total. The van der Waals surface area contributed by atoms with Crippen molar-refractivity contribution >= 4 is 25.6 Å². The summed E-state index contributed by atoms with van der Waals surface area (Å²) in [6.45, 7) is 2.33. The Morgan fingerprint density at radius 2 is 1.63 bits per heavy atom. The van der Waals surface area contributed by atoms with Crippen LogP contribution in [0.4, 0.5) is 5.69 Å². The Bertz CT molecular complexity index is 1170. The molecular formula is C21H28N4O3S2. The molecule has 1 aromatic heterocycles. The third-order valence-corrected chi connectivity index (χ3v) is 9.99. The SMILES string of the molecule is Cc1cnc2c(c1)N(S(=O)(=O)c1ccc(S(=N)(=O)N(C)C)cc1)CC21CCCCC1. The summed E-state index contributed by atoms with van der Waals surface area (Å²) >= 11 is 0. The molecule has 1 atom stereocenters. The Morgan fingerprint density at radius 1 is 1.03 bits per heavy atom. The first-order chi connectivity index (χ1) is 14.1. The maximum atomic E-state index is 13.6. The number of pyridine rings is 1. The lowest BCUT2D eigenvalue weighted by Gasteiger charge is -2.33. The van der Waals surface area contributed by atoms with Crippen LogP contribution in [0.2, 0.25) is 0 Å². The summed E-state index contributed by atoms with van der Waals surface area (Å²) in [7, 11) is -3.78. The minimum Gasteiger partial charge on any atom is -0.263 e. The predicted octanol–water partition coefficient (Wildman–Crippen LogP) is 3.68. The standard InChI is InChI=1S/C21H28N4O3S2/c1-16-13-19-20(23-14-16)21(11-5-4-6-12-21)15-25(19)30(27,28)18-9-7-17(8-10-18)29(22,26)24(2)3/h7-10,13-14,22H,4-6,11-12,15H2,1-3H3. The summed E-state index contributed by atoms with van der Waals surface area (Å²) in [4.78, 5) is 5.11. The van der Waals surface area contributed by atoms with E-state index in [2.05, 4.69) is 4.98 Å². The van der Waals surface area contributed by atoms with Gasteiger partial charge >= 0.3 is 0 Å². The zero-order valence-corrected chi connectivity index (χ0v) is 19.2. The number of rotatable bonds is 4. The van der Waals surface area contributed by atoms with Gasteiger partial charge in [0.15, 0.2) is 0 Å². The van der Waals surface area contributed by atoms with Gasteiger partial charge in [0.2, 0.25) is 0 Å². The maximum absolute atomic E-state index is 13.6. The number of aromatic nitrogens is 1. The van der Waals surface area contributed by atoms with Gasteiger partial charge in [-0.25, -0.2) is 21.7 Å². The van der Waals surface area contributed by atoms with Gasteiger partial charge in [-0.2, -0.15) is 0 Å². The quantitative estimate of drug-likeness (QED) is 0.772. The highest BCUT2D eigenvalue weighted by atomic mass is 32.2. The van der Waals surface area contributed by atoms with Gasteiger partial charge in [0.25, 0.3) is 10.0 Å². The molecule has 1 aliphatic carbocycles. The molecule has 2 heterocycles. The molecule has 1 aliphatic heterocycles. The van der Waals surface area contributed by atoms with Crippen molar-refractivity contribution < 1.29 is 12.6 Å². The molecule has 1 fully saturated rings. The smallest absolute Gasteiger partial charge is 0.263 e. The Hall–Kier alpha value is -1.97. The van der Waals surface area contributed by atoms with Crippen LogP contribution in [0.15, 0.2) is 46.3 Å². The number of fused-ring (bicyclic) bond motifs is 2. The third kappa shape index (κ3) is 3.33. The van der Waals surface area contributed by atoms with Gasteiger partial charge in [-0.1, -0.05) is 19.3 Å². The first-order valence-electron chi connectivity index (χ1n) is 10.1. The van der Waals surface area contributed by atoms with Crippen molar-refractivity contribution in [2.75, 3.05) is 24.9 Å². The average molecular weight is 449 g/mol. The van der Waals surface area contributed by atoms with Gasteiger partial charge < -0.3 is 0 Å². The fraction of sp³-hybridized carbons (Fsp3) is 0.476. The number of benzene rings is 1. The lowest BCUT2D eigenvalue weighted by atomic mass is 9.73. The molecule has 30 heavy (non-hydrogen) atoms. The van der Waals surface area contributed by atoms with Crippen molar-refractivity contribution in [3.63, 3.8) is 0 Å². The fourth-order valence-electron chi connectivity index (χ4n) is 4.56. The Morgan fingerprint density at radius 3 is 2.23 bits per heavy atom. The Kier molecular flexibility index (Phi) is 5.19. The van der Waals surface area contributed by atoms with Gasteiger partial charge in [0, 0.05) is 32.3 Å². The molecule has 0 amide bonds. The summed E-state index contributed by atoms with van der Waals surface area (Å²) in [5, 5.41) is 0. The van der Waals surface area contributed by atoms with Crippen LogP contribution in [0.25, 0.3) is 0 Å². The highest BCUT2D eigenvalue weighted by Crippen LogP contribution is 2.49. The van der Waals surface area contributed by atoms with E-state index >= 15 is 0 Å². The molecule has 0 radical (unpaired) electrons. The number of hydrogen-bond donors (Lipinski definition) is 1. The average Bonchev–Trinajstić information content (AvgIpc) is 3.02. The molecule has 1 spiro atoms. The lowest BCUT2D eigenvalue weighted by Crippen LogP contribution is -2.38. The predicted molar refractivity (Wildman–Crippen MR) is 118 cm³/mol. The van der Waals surface area contributed by atoms with Gasteiger partial charge in [-0.15, -0.1) is 0 Å². The number of anilines is 1. The number of nitrogens with zero attached hydrogens (tertiary/aromatic N) is 3. The van der Waals surface area contributed by atoms with E-state index < -0.39 is 19.9 Å². The molecule has 1 aromatic carbocycles. The van der Waals surface area contributed by atoms with Crippen LogP contribution in [-0.4, -0.2) is 42.6 Å². The summed E-state index contributed by atoms with van der Waals surface area (Å²) < 4.78 is 50.6. The molecule has 4 rings (SSSR count). The van der Waals surface area contributed by atoms with Crippen LogP contribution in [0.5, 0.6) is 0 Å². The van der Waals surface area contributed by atoms with Crippen LogP contribution in [-0.2, 0) is 25.4 Å². The second kappa shape index (κ2) is 7.32. The van der Waals surface area contributed by atoms with E-state index in [-0.39, 0.29) is 15.2 Å². The molecule has 9 heteroatoms. The normalized spacial score (nSPS) is 20.3. The Balaban J connectivity index is 1.76. The molecule has 0 saturated heterocycles. The summed E-state index contributed by atoms with van der Waals surface area (Å²) in [6, 6.07) is 7.78. The van der Waals surface area contributed by atoms with Crippen molar-refractivity contribution in [3.05, 3.63) is 47.8 Å². The minimum atomic E-state index is -3.80. The fourth-order valence-corrected chi connectivity index (χ4v) is 7.04. The maximum Gasteiger partial charge on any atom is 0.264 e. The highest BCUT2D eigenvalue weighted by molar-refractivity contribution is 7.93. The van der Waals surface area contributed by atoms with Crippen molar-refractivity contribution in [2.45, 2.75) is 54.2 Å². The van der Waals surface area contributed by atoms with Gasteiger partial charge in [0.05, 0.1) is 21.2 Å². The highest BCUT2D eigenvalue weighted by Gasteiger charge is 2.48. The number of aryl methyl sites for hydroxylation is 1. The van der Waals surface area contributed by atoms with Crippen molar-refractivity contribution in [1.29, 1.82) is 4.78 Å². The van der Waals surface area contributed by atoms with Gasteiger partial charge in [-0.3, -0.25) is 9.29 Å². The van der Waals surface area contributed by atoms with E-state index in [4.69, 9.17) is 4.78 Å². The second-order valence-corrected chi connectivity index (χ2v) is 12.7. The monoisotopic (exact) mass is 448 g/mol. The van der Waals surface area contributed by atoms with Gasteiger partial charge in [-0.05, 0) is 55.7 Å². The van der Waals surface area contributed by atoms with Crippen LogP contribution in [0, 0.1) is 11.7 Å². The molecule has 1 unspecified atom stereocenters. The van der Waals surface area contributed by atoms with Crippen molar-refractivity contribution in [1.82, 2.24) is 9.29 Å². The first-order valence-corrected chi connectivity index (χ1v) is 13.1. The third-order valence-electron chi connectivity index (χ3n) is 6.28.